The highest BCUT2D eigenvalue weighted by Gasteiger charge is 2.50. The average Bonchev–Trinajstić information content (AvgIpc) is 3.46. The standard InChI is InChI=1S/C28H38N4O3/c1-21-19-31(20-29-21)25-11-9-22(17-26(25)34-3)10-12-27-30-35-28(32(27)15-6-16-33-2)14-13-23-7-4-5-8-24(23)18-28/h9-12,17,19-20,23-24H,4-8,13-16,18H2,1-3H3. The number of imidazole rings is 1. The number of oxime groups is 1. The number of nitrogens with zero attached hydrogens (tertiary/aromatic N) is 4. The van der Waals surface area contributed by atoms with Crippen molar-refractivity contribution >= 4 is 11.9 Å². The number of benzene rings is 1. The molecule has 1 spiro atoms. The Balaban J connectivity index is 1.35. The molecule has 0 N–H and O–H groups in total. The summed E-state index contributed by atoms with van der Waals surface area (Å²) < 4.78 is 13.0. The van der Waals surface area contributed by atoms with Crippen LogP contribution in [0.1, 0.15) is 62.6 Å². The van der Waals surface area contributed by atoms with Crippen LogP contribution in [-0.4, -0.2) is 53.4 Å². The van der Waals surface area contributed by atoms with Crippen molar-refractivity contribution in [2.24, 2.45) is 17.0 Å². The Labute approximate surface area is 208 Å². The number of rotatable bonds is 8. The van der Waals surface area contributed by atoms with Gasteiger partial charge in [0.2, 0.25) is 5.72 Å². The van der Waals surface area contributed by atoms with Gasteiger partial charge in [0, 0.05) is 39.3 Å². The van der Waals surface area contributed by atoms with Gasteiger partial charge in [0.05, 0.1) is 24.8 Å². The Morgan fingerprint density at radius 1 is 1.14 bits per heavy atom. The van der Waals surface area contributed by atoms with Gasteiger partial charge in [-0.05, 0) is 61.8 Å². The molecule has 0 saturated heterocycles. The third-order valence-corrected chi connectivity index (χ3v) is 7.98. The molecule has 1 aliphatic heterocycles. The molecule has 7 nitrogen and oxygen atoms in total. The summed E-state index contributed by atoms with van der Waals surface area (Å²) in [5.74, 6) is 3.33. The molecule has 3 atom stereocenters. The van der Waals surface area contributed by atoms with Crippen molar-refractivity contribution < 1.29 is 14.3 Å². The summed E-state index contributed by atoms with van der Waals surface area (Å²) in [7, 11) is 3.47. The number of aromatic nitrogens is 2. The summed E-state index contributed by atoms with van der Waals surface area (Å²) >= 11 is 0. The van der Waals surface area contributed by atoms with Gasteiger partial charge in [-0.1, -0.05) is 36.6 Å². The number of hydrogen-bond donors (Lipinski definition) is 0. The first-order valence-corrected chi connectivity index (χ1v) is 13.0. The van der Waals surface area contributed by atoms with Crippen LogP contribution in [0, 0.1) is 18.8 Å². The fourth-order valence-corrected chi connectivity index (χ4v) is 6.16. The molecule has 1 aromatic heterocycles. The molecule has 35 heavy (non-hydrogen) atoms. The molecule has 1 aromatic carbocycles. The van der Waals surface area contributed by atoms with Crippen LogP contribution in [0.2, 0.25) is 0 Å². The minimum absolute atomic E-state index is 0.299. The molecule has 0 amide bonds. The molecule has 2 fully saturated rings. The first-order chi connectivity index (χ1) is 17.1. The van der Waals surface area contributed by atoms with Crippen LogP contribution in [0.5, 0.6) is 5.75 Å². The van der Waals surface area contributed by atoms with E-state index < -0.39 is 0 Å². The fraction of sp³-hybridized carbons (Fsp3) is 0.571. The van der Waals surface area contributed by atoms with Crippen LogP contribution in [0.3, 0.4) is 0 Å². The van der Waals surface area contributed by atoms with Gasteiger partial charge >= 0.3 is 0 Å². The Hall–Kier alpha value is -2.80. The van der Waals surface area contributed by atoms with Gasteiger partial charge in [0.25, 0.3) is 0 Å². The average molecular weight is 479 g/mol. The predicted molar refractivity (Wildman–Crippen MR) is 138 cm³/mol. The van der Waals surface area contributed by atoms with Crippen molar-refractivity contribution in [3.63, 3.8) is 0 Å². The third kappa shape index (κ3) is 4.96. The molecule has 3 aliphatic rings. The summed E-state index contributed by atoms with van der Waals surface area (Å²) in [4.78, 5) is 13.0. The Bertz CT molecular complexity index is 1080. The molecule has 3 unspecified atom stereocenters. The highest BCUT2D eigenvalue weighted by Crippen LogP contribution is 2.48. The fourth-order valence-electron chi connectivity index (χ4n) is 6.16. The second kappa shape index (κ2) is 10.4. The maximum absolute atomic E-state index is 6.29. The minimum Gasteiger partial charge on any atom is -0.495 e. The van der Waals surface area contributed by atoms with Gasteiger partial charge in [-0.3, -0.25) is 0 Å². The van der Waals surface area contributed by atoms with Crippen LogP contribution in [0.15, 0.2) is 42.0 Å². The van der Waals surface area contributed by atoms with E-state index in [0.717, 1.165) is 72.8 Å². The Morgan fingerprint density at radius 3 is 2.77 bits per heavy atom. The molecule has 2 heterocycles. The topological polar surface area (TPSA) is 61.1 Å². The predicted octanol–water partition coefficient (Wildman–Crippen LogP) is 5.57. The SMILES string of the molecule is COCCCN1C(C=Cc2ccc(-n3cnc(C)c3)c(OC)c2)=NOC12CCC1CCCCC1C2. The number of hydrogen-bond acceptors (Lipinski definition) is 6. The summed E-state index contributed by atoms with van der Waals surface area (Å²) in [5.41, 5.74) is 2.70. The summed E-state index contributed by atoms with van der Waals surface area (Å²) in [6.07, 6.45) is 17.8. The first-order valence-electron chi connectivity index (χ1n) is 13.0. The van der Waals surface area contributed by atoms with Crippen LogP contribution in [0.25, 0.3) is 11.8 Å². The maximum atomic E-state index is 6.29. The molecule has 2 aliphatic carbocycles. The minimum atomic E-state index is -0.299. The van der Waals surface area contributed by atoms with E-state index in [0.29, 0.717) is 0 Å². The lowest BCUT2D eigenvalue weighted by atomic mass is 9.68. The van der Waals surface area contributed by atoms with E-state index in [2.05, 4.69) is 45.4 Å². The summed E-state index contributed by atoms with van der Waals surface area (Å²) in [5, 5.41) is 4.61. The summed E-state index contributed by atoms with van der Waals surface area (Å²) in [6, 6.07) is 6.21. The quantitative estimate of drug-likeness (QED) is 0.464. The highest BCUT2D eigenvalue weighted by molar-refractivity contribution is 5.97. The van der Waals surface area contributed by atoms with Gasteiger partial charge in [0.15, 0.2) is 5.84 Å². The van der Waals surface area contributed by atoms with Crippen molar-refractivity contribution in [2.75, 3.05) is 27.4 Å². The zero-order chi connectivity index (χ0) is 24.3. The van der Waals surface area contributed by atoms with E-state index in [1.54, 1.807) is 14.2 Å². The molecule has 0 radical (unpaired) electrons. The molecule has 5 rings (SSSR count). The lowest BCUT2D eigenvalue weighted by Gasteiger charge is -2.47. The lowest BCUT2D eigenvalue weighted by Crippen LogP contribution is -2.53. The zero-order valence-corrected chi connectivity index (χ0v) is 21.3. The Morgan fingerprint density at radius 2 is 2.00 bits per heavy atom. The number of fused-ring (bicyclic) bond motifs is 1. The van der Waals surface area contributed by atoms with Gasteiger partial charge in [-0.15, -0.1) is 0 Å². The maximum Gasteiger partial charge on any atom is 0.211 e. The molecule has 2 aromatic rings. The van der Waals surface area contributed by atoms with E-state index in [4.69, 9.17) is 14.3 Å². The van der Waals surface area contributed by atoms with E-state index in [-0.39, 0.29) is 5.72 Å². The van der Waals surface area contributed by atoms with Gasteiger partial charge < -0.3 is 23.8 Å². The van der Waals surface area contributed by atoms with Crippen molar-refractivity contribution in [3.05, 3.63) is 48.1 Å². The van der Waals surface area contributed by atoms with E-state index >= 15 is 0 Å². The smallest absolute Gasteiger partial charge is 0.211 e. The molecule has 7 heteroatoms. The second-order valence-corrected chi connectivity index (χ2v) is 10.2. The van der Waals surface area contributed by atoms with Crippen molar-refractivity contribution in [1.82, 2.24) is 14.5 Å². The molecular weight excluding hydrogens is 440 g/mol. The third-order valence-electron chi connectivity index (χ3n) is 7.98. The highest BCUT2D eigenvalue weighted by atomic mass is 16.7. The number of ether oxygens (including phenoxy) is 2. The number of aryl methyl sites for hydroxylation is 1. The van der Waals surface area contributed by atoms with E-state index in [9.17, 15) is 0 Å². The van der Waals surface area contributed by atoms with Gasteiger partial charge in [-0.25, -0.2) is 4.98 Å². The van der Waals surface area contributed by atoms with Crippen LogP contribution in [0.4, 0.5) is 0 Å². The van der Waals surface area contributed by atoms with Crippen molar-refractivity contribution in [3.8, 4) is 11.4 Å². The zero-order valence-electron chi connectivity index (χ0n) is 21.3. The van der Waals surface area contributed by atoms with Crippen LogP contribution >= 0.6 is 0 Å². The first kappa shape index (κ1) is 23.9. The monoisotopic (exact) mass is 478 g/mol. The van der Waals surface area contributed by atoms with Gasteiger partial charge in [-0.2, -0.15) is 0 Å². The number of amidine groups is 1. The lowest BCUT2D eigenvalue weighted by molar-refractivity contribution is -0.147. The second-order valence-electron chi connectivity index (χ2n) is 10.2. The summed E-state index contributed by atoms with van der Waals surface area (Å²) in [6.45, 7) is 3.61. The molecule has 0 bridgehead atoms. The molecular formula is C28H38N4O3. The van der Waals surface area contributed by atoms with E-state index in [1.807, 2.05) is 24.0 Å². The van der Waals surface area contributed by atoms with Crippen LogP contribution < -0.4 is 4.74 Å². The molecule has 188 valence electrons. The molecule has 2 saturated carbocycles. The van der Waals surface area contributed by atoms with Crippen LogP contribution in [-0.2, 0) is 9.57 Å². The largest absolute Gasteiger partial charge is 0.495 e. The number of methoxy groups -OCH3 is 2. The van der Waals surface area contributed by atoms with Gasteiger partial charge in [0.1, 0.15) is 5.75 Å². The van der Waals surface area contributed by atoms with Crippen molar-refractivity contribution in [1.29, 1.82) is 0 Å². The Kier molecular flexibility index (Phi) is 7.14. The normalized spacial score (nSPS) is 26.1. The van der Waals surface area contributed by atoms with Crippen molar-refractivity contribution in [2.45, 2.75) is 64.0 Å². The van der Waals surface area contributed by atoms with E-state index in [1.165, 1.54) is 32.1 Å².